The number of rotatable bonds is 5. The van der Waals surface area contributed by atoms with Gasteiger partial charge in [0.1, 0.15) is 0 Å². The first-order chi connectivity index (χ1) is 12.7. The molecular formula is C15H14N6O5S. The number of nitro benzene ring substituents is 1. The van der Waals surface area contributed by atoms with Crippen LogP contribution in [0.2, 0.25) is 0 Å². The van der Waals surface area contributed by atoms with Gasteiger partial charge in [-0.2, -0.15) is 9.78 Å². The maximum absolute atomic E-state index is 12.3. The lowest BCUT2D eigenvalue weighted by Gasteiger charge is -2.10. The quantitative estimate of drug-likeness (QED) is 0.445. The monoisotopic (exact) mass is 390 g/mol. The highest BCUT2D eigenvalue weighted by Crippen LogP contribution is 2.20. The van der Waals surface area contributed by atoms with Crippen LogP contribution in [-0.4, -0.2) is 35.4 Å². The zero-order valence-corrected chi connectivity index (χ0v) is 14.7. The van der Waals surface area contributed by atoms with Crippen LogP contribution in [-0.2, 0) is 10.0 Å². The average Bonchev–Trinajstić information content (AvgIpc) is 3.02. The van der Waals surface area contributed by atoms with E-state index < -0.39 is 21.0 Å². The number of anilines is 2. The SMILES string of the molecule is CS(=O)(=O)Nc1ccc(NNC(=O)n2ncc3cc([N+](=O)[O-])ccc32)cc1. The second-order valence-corrected chi connectivity index (χ2v) is 7.31. The van der Waals surface area contributed by atoms with E-state index in [4.69, 9.17) is 0 Å². The van der Waals surface area contributed by atoms with Crippen LogP contribution >= 0.6 is 0 Å². The summed E-state index contributed by atoms with van der Waals surface area (Å²) in [7, 11) is -3.37. The van der Waals surface area contributed by atoms with Crippen molar-refractivity contribution in [3.8, 4) is 0 Å². The molecule has 27 heavy (non-hydrogen) atoms. The maximum Gasteiger partial charge on any atom is 0.361 e. The van der Waals surface area contributed by atoms with E-state index in [0.29, 0.717) is 22.3 Å². The molecule has 0 unspecified atom stereocenters. The number of fused-ring (bicyclic) bond motifs is 1. The number of hydrogen-bond acceptors (Lipinski definition) is 7. The van der Waals surface area contributed by atoms with Gasteiger partial charge < -0.3 is 0 Å². The van der Waals surface area contributed by atoms with Gasteiger partial charge in [0, 0.05) is 23.2 Å². The van der Waals surface area contributed by atoms with Crippen LogP contribution < -0.4 is 15.6 Å². The van der Waals surface area contributed by atoms with Crippen molar-refractivity contribution in [3.63, 3.8) is 0 Å². The van der Waals surface area contributed by atoms with Gasteiger partial charge in [-0.25, -0.2) is 18.6 Å². The van der Waals surface area contributed by atoms with Crippen molar-refractivity contribution in [1.82, 2.24) is 15.2 Å². The molecule has 1 amide bonds. The van der Waals surface area contributed by atoms with E-state index in [2.05, 4.69) is 20.7 Å². The smallest absolute Gasteiger partial charge is 0.297 e. The Morgan fingerprint density at radius 1 is 1.15 bits per heavy atom. The lowest BCUT2D eigenvalue weighted by Crippen LogP contribution is -2.33. The molecule has 0 radical (unpaired) electrons. The molecule has 0 saturated carbocycles. The van der Waals surface area contributed by atoms with Crippen molar-refractivity contribution in [3.05, 3.63) is 58.8 Å². The lowest BCUT2D eigenvalue weighted by atomic mass is 10.2. The molecule has 0 aliphatic carbocycles. The van der Waals surface area contributed by atoms with E-state index in [1.807, 2.05) is 0 Å². The molecule has 0 aliphatic heterocycles. The molecule has 12 heteroatoms. The van der Waals surface area contributed by atoms with Gasteiger partial charge in [-0.1, -0.05) is 0 Å². The Bertz CT molecular complexity index is 1120. The zero-order valence-electron chi connectivity index (χ0n) is 13.9. The van der Waals surface area contributed by atoms with Gasteiger partial charge in [0.15, 0.2) is 0 Å². The fraction of sp³-hybridized carbons (Fsp3) is 0.0667. The highest BCUT2D eigenvalue weighted by atomic mass is 32.2. The van der Waals surface area contributed by atoms with E-state index in [-0.39, 0.29) is 5.69 Å². The van der Waals surface area contributed by atoms with Gasteiger partial charge in [0.2, 0.25) is 10.0 Å². The molecule has 2 aromatic carbocycles. The Morgan fingerprint density at radius 3 is 2.44 bits per heavy atom. The molecule has 3 rings (SSSR count). The predicted octanol–water partition coefficient (Wildman–Crippen LogP) is 1.90. The standard InChI is InChI=1S/C15H14N6O5S/c1-27(25,26)19-12-4-2-11(3-5-12)17-18-15(22)20-14-7-6-13(21(23)24)8-10(14)9-16-20/h2-9,17,19H,1H3,(H,18,22). The second-order valence-electron chi connectivity index (χ2n) is 5.56. The van der Waals surface area contributed by atoms with E-state index in [9.17, 15) is 23.3 Å². The number of hydrogen-bond donors (Lipinski definition) is 3. The molecule has 3 aromatic rings. The summed E-state index contributed by atoms with van der Waals surface area (Å²) in [6, 6.07) is 9.64. The van der Waals surface area contributed by atoms with Crippen LogP contribution in [0.15, 0.2) is 48.7 Å². The van der Waals surface area contributed by atoms with Crippen molar-refractivity contribution in [2.75, 3.05) is 16.4 Å². The van der Waals surface area contributed by atoms with Crippen molar-refractivity contribution in [1.29, 1.82) is 0 Å². The topological polar surface area (TPSA) is 148 Å². The van der Waals surface area contributed by atoms with Crippen LogP contribution in [0.1, 0.15) is 0 Å². The van der Waals surface area contributed by atoms with Gasteiger partial charge in [-0.3, -0.25) is 20.3 Å². The summed E-state index contributed by atoms with van der Waals surface area (Å²) in [4.78, 5) is 22.5. The van der Waals surface area contributed by atoms with E-state index in [1.54, 1.807) is 12.1 Å². The molecule has 1 heterocycles. The van der Waals surface area contributed by atoms with Crippen molar-refractivity contribution in [2.45, 2.75) is 0 Å². The third-order valence-corrected chi connectivity index (χ3v) is 4.06. The molecule has 0 aliphatic rings. The first-order valence-electron chi connectivity index (χ1n) is 7.49. The van der Waals surface area contributed by atoms with Crippen LogP contribution in [0, 0.1) is 10.1 Å². The summed E-state index contributed by atoms with van der Waals surface area (Å²) >= 11 is 0. The highest BCUT2D eigenvalue weighted by Gasteiger charge is 2.13. The largest absolute Gasteiger partial charge is 0.361 e. The summed E-state index contributed by atoms with van der Waals surface area (Å²) < 4.78 is 25.7. The summed E-state index contributed by atoms with van der Waals surface area (Å²) in [5.74, 6) is 0. The van der Waals surface area contributed by atoms with Crippen LogP contribution in [0.5, 0.6) is 0 Å². The number of hydrazine groups is 1. The number of nitrogens with zero attached hydrogens (tertiary/aromatic N) is 3. The number of non-ortho nitro benzene ring substituents is 1. The molecule has 140 valence electrons. The number of nitrogens with one attached hydrogen (secondary N) is 3. The van der Waals surface area contributed by atoms with Crippen LogP contribution in [0.3, 0.4) is 0 Å². The molecular weight excluding hydrogens is 376 g/mol. The minimum atomic E-state index is -3.37. The molecule has 0 fully saturated rings. The highest BCUT2D eigenvalue weighted by molar-refractivity contribution is 7.92. The Kier molecular flexibility index (Phi) is 4.64. The number of nitro groups is 1. The van der Waals surface area contributed by atoms with Gasteiger partial charge >= 0.3 is 6.03 Å². The molecule has 0 bridgehead atoms. The number of carbonyl (C=O) groups excluding carboxylic acids is 1. The van der Waals surface area contributed by atoms with Crippen molar-refractivity contribution >= 4 is 44.0 Å². The Hall–Kier alpha value is -3.67. The zero-order chi connectivity index (χ0) is 19.6. The molecule has 3 N–H and O–H groups in total. The van der Waals surface area contributed by atoms with Gasteiger partial charge in [0.25, 0.3) is 5.69 Å². The molecule has 0 saturated heterocycles. The Labute approximate surface area is 153 Å². The van der Waals surface area contributed by atoms with Crippen molar-refractivity contribution in [2.24, 2.45) is 0 Å². The van der Waals surface area contributed by atoms with Gasteiger partial charge in [0.05, 0.1) is 28.6 Å². The second kappa shape index (κ2) is 6.92. The first-order valence-corrected chi connectivity index (χ1v) is 9.38. The van der Waals surface area contributed by atoms with Crippen molar-refractivity contribution < 1.29 is 18.1 Å². The summed E-state index contributed by atoms with van der Waals surface area (Å²) in [5.41, 5.74) is 6.32. The number of benzene rings is 2. The average molecular weight is 390 g/mol. The fourth-order valence-electron chi connectivity index (χ4n) is 2.31. The molecule has 1 aromatic heterocycles. The Balaban J connectivity index is 1.69. The minimum absolute atomic E-state index is 0.0941. The molecule has 0 atom stereocenters. The van der Waals surface area contributed by atoms with E-state index >= 15 is 0 Å². The lowest BCUT2D eigenvalue weighted by molar-refractivity contribution is -0.384. The number of carbonyl (C=O) groups is 1. The molecule has 11 nitrogen and oxygen atoms in total. The number of sulfonamides is 1. The van der Waals surface area contributed by atoms with Crippen LogP contribution in [0.4, 0.5) is 21.9 Å². The summed E-state index contributed by atoms with van der Waals surface area (Å²) in [6.07, 6.45) is 2.40. The third-order valence-electron chi connectivity index (χ3n) is 3.46. The number of amides is 1. The minimum Gasteiger partial charge on any atom is -0.297 e. The maximum atomic E-state index is 12.3. The summed E-state index contributed by atoms with van der Waals surface area (Å²) in [5, 5.41) is 15.2. The Morgan fingerprint density at radius 2 is 1.81 bits per heavy atom. The van der Waals surface area contributed by atoms with E-state index in [1.165, 1.54) is 36.5 Å². The van der Waals surface area contributed by atoms with E-state index in [0.717, 1.165) is 10.9 Å². The third kappa shape index (κ3) is 4.30. The summed E-state index contributed by atoms with van der Waals surface area (Å²) in [6.45, 7) is 0. The predicted molar refractivity (Wildman–Crippen MR) is 98.8 cm³/mol. The fourth-order valence-corrected chi connectivity index (χ4v) is 2.87. The van der Waals surface area contributed by atoms with Gasteiger partial charge in [-0.05, 0) is 30.3 Å². The number of aromatic nitrogens is 2. The van der Waals surface area contributed by atoms with Gasteiger partial charge in [-0.15, -0.1) is 0 Å². The first kappa shape index (κ1) is 18.1. The van der Waals surface area contributed by atoms with Crippen LogP contribution in [0.25, 0.3) is 10.9 Å². The molecule has 0 spiro atoms. The normalized spacial score (nSPS) is 11.1.